The molecule has 0 aromatic heterocycles. The molecule has 1 aliphatic heterocycles. The van der Waals surface area contributed by atoms with Crippen LogP contribution >= 0.6 is 23.2 Å². The Bertz CT molecular complexity index is 779. The van der Waals surface area contributed by atoms with E-state index >= 15 is 0 Å². The summed E-state index contributed by atoms with van der Waals surface area (Å²) in [4.78, 5) is 22.7. The van der Waals surface area contributed by atoms with Gasteiger partial charge in [-0.1, -0.05) is 59.6 Å². The van der Waals surface area contributed by atoms with Gasteiger partial charge in [-0.05, 0) is 25.5 Å². The van der Waals surface area contributed by atoms with E-state index in [1.807, 2.05) is 30.3 Å². The van der Waals surface area contributed by atoms with Gasteiger partial charge in [-0.15, -0.1) is 6.58 Å². The van der Waals surface area contributed by atoms with Crippen molar-refractivity contribution in [3.05, 3.63) is 65.9 Å². The minimum Gasteiger partial charge on any atom is -0.303 e. The summed E-state index contributed by atoms with van der Waals surface area (Å²) < 4.78 is 0. The van der Waals surface area contributed by atoms with E-state index < -0.39 is 0 Å². The fraction of sp³-hybridized carbons (Fsp3) is 0.211. The lowest BCUT2D eigenvalue weighted by Gasteiger charge is -2.13. The number of carbonyl (C=O) groups excluding carboxylic acids is 1. The number of anilines is 1. The first kappa shape index (κ1) is 19.2. The highest BCUT2D eigenvalue weighted by molar-refractivity contribution is 6.68. The predicted octanol–water partition coefficient (Wildman–Crippen LogP) is 4.69. The standard InChI is InChI=1S/C19H19Cl2N3O/c1-3-13-24-15-10-6-5-9-14(15)18(19(24)25)22-12-8-7-11-17(21)23-16(20)4-2/h3-7,9-11H,1,8,12-13H2,2H3/b11-7+,16-4-,22-18?,23-17+. The fourth-order valence-corrected chi connectivity index (χ4v) is 2.67. The van der Waals surface area contributed by atoms with Crippen LogP contribution in [0.3, 0.4) is 0 Å². The average molecular weight is 376 g/mol. The van der Waals surface area contributed by atoms with Gasteiger partial charge in [0.25, 0.3) is 5.91 Å². The van der Waals surface area contributed by atoms with Gasteiger partial charge in [-0.25, -0.2) is 4.99 Å². The van der Waals surface area contributed by atoms with Gasteiger partial charge in [-0.2, -0.15) is 0 Å². The molecule has 1 heterocycles. The van der Waals surface area contributed by atoms with Crippen molar-refractivity contribution in [2.75, 3.05) is 18.0 Å². The number of amides is 1. The van der Waals surface area contributed by atoms with Crippen molar-refractivity contribution in [3.63, 3.8) is 0 Å². The molecule has 0 bridgehead atoms. The van der Waals surface area contributed by atoms with Crippen LogP contribution in [0.4, 0.5) is 5.69 Å². The maximum Gasteiger partial charge on any atom is 0.277 e. The molecule has 0 N–H and O–H groups in total. The largest absolute Gasteiger partial charge is 0.303 e. The highest BCUT2D eigenvalue weighted by Crippen LogP contribution is 2.28. The molecule has 0 radical (unpaired) electrons. The number of halogens is 2. The normalized spacial score (nSPS) is 16.8. The number of fused-ring (bicyclic) bond motifs is 1. The Morgan fingerprint density at radius 1 is 1.32 bits per heavy atom. The SMILES string of the molecule is C=CCN1C(=O)C(=NCC/C=C/C(Cl)=N\C(Cl)=C/C)c2ccccc21. The van der Waals surface area contributed by atoms with Gasteiger partial charge >= 0.3 is 0 Å². The summed E-state index contributed by atoms with van der Waals surface area (Å²) >= 11 is 11.7. The smallest absolute Gasteiger partial charge is 0.277 e. The number of para-hydroxylation sites is 1. The van der Waals surface area contributed by atoms with E-state index in [4.69, 9.17) is 23.2 Å². The molecule has 1 aromatic carbocycles. The average Bonchev–Trinajstić information content (AvgIpc) is 2.87. The fourth-order valence-electron chi connectivity index (χ4n) is 2.36. The molecule has 130 valence electrons. The molecule has 1 amide bonds. The van der Waals surface area contributed by atoms with Crippen molar-refractivity contribution in [2.24, 2.45) is 9.98 Å². The number of benzene rings is 1. The molecule has 6 heteroatoms. The van der Waals surface area contributed by atoms with Crippen molar-refractivity contribution in [1.29, 1.82) is 0 Å². The lowest BCUT2D eigenvalue weighted by atomic mass is 10.1. The molecule has 0 unspecified atom stereocenters. The number of hydrogen-bond donors (Lipinski definition) is 0. The Morgan fingerprint density at radius 3 is 2.80 bits per heavy atom. The third kappa shape index (κ3) is 4.91. The highest BCUT2D eigenvalue weighted by atomic mass is 35.5. The molecule has 0 saturated carbocycles. The Balaban J connectivity index is 2.05. The minimum atomic E-state index is -0.0930. The van der Waals surface area contributed by atoms with E-state index in [-0.39, 0.29) is 5.91 Å². The van der Waals surface area contributed by atoms with Crippen LogP contribution in [-0.4, -0.2) is 29.9 Å². The number of aliphatic imine (C=N–C) groups is 2. The molecule has 2 rings (SSSR count). The van der Waals surface area contributed by atoms with Crippen LogP contribution < -0.4 is 4.90 Å². The van der Waals surface area contributed by atoms with Gasteiger partial charge < -0.3 is 4.90 Å². The monoisotopic (exact) mass is 375 g/mol. The highest BCUT2D eigenvalue weighted by Gasteiger charge is 2.32. The van der Waals surface area contributed by atoms with Crippen LogP contribution in [-0.2, 0) is 4.79 Å². The molecule has 0 spiro atoms. The first-order valence-electron chi connectivity index (χ1n) is 7.87. The number of carbonyl (C=O) groups is 1. The Labute approximate surface area is 157 Å². The van der Waals surface area contributed by atoms with Gasteiger partial charge in [0.05, 0.1) is 5.69 Å². The van der Waals surface area contributed by atoms with Gasteiger partial charge in [0.1, 0.15) is 16.0 Å². The van der Waals surface area contributed by atoms with Crippen molar-refractivity contribution >= 4 is 45.7 Å². The van der Waals surface area contributed by atoms with Crippen molar-refractivity contribution in [1.82, 2.24) is 0 Å². The van der Waals surface area contributed by atoms with E-state index in [1.165, 1.54) is 0 Å². The molecule has 0 saturated heterocycles. The van der Waals surface area contributed by atoms with E-state index in [9.17, 15) is 4.79 Å². The molecule has 0 atom stereocenters. The summed E-state index contributed by atoms with van der Waals surface area (Å²) in [6, 6.07) is 7.64. The topological polar surface area (TPSA) is 45.0 Å². The molecule has 1 aliphatic rings. The van der Waals surface area contributed by atoms with Gasteiger partial charge in [-0.3, -0.25) is 9.79 Å². The second kappa shape index (κ2) is 9.35. The van der Waals surface area contributed by atoms with Crippen LogP contribution in [0.1, 0.15) is 18.9 Å². The molecule has 25 heavy (non-hydrogen) atoms. The van der Waals surface area contributed by atoms with E-state index in [2.05, 4.69) is 16.6 Å². The molecule has 0 aliphatic carbocycles. The Kier molecular flexibility index (Phi) is 7.16. The lowest BCUT2D eigenvalue weighted by Crippen LogP contribution is -2.30. The molecule has 0 fully saturated rings. The zero-order valence-corrected chi connectivity index (χ0v) is 15.5. The zero-order chi connectivity index (χ0) is 18.2. The van der Waals surface area contributed by atoms with Crippen molar-refractivity contribution in [3.8, 4) is 0 Å². The molecule has 4 nitrogen and oxygen atoms in total. The van der Waals surface area contributed by atoms with Gasteiger partial charge in [0.2, 0.25) is 0 Å². The molecule has 1 aromatic rings. The first-order chi connectivity index (χ1) is 12.1. The Hall–Kier alpha value is -2.17. The number of rotatable bonds is 7. The summed E-state index contributed by atoms with van der Waals surface area (Å²) in [7, 11) is 0. The zero-order valence-electron chi connectivity index (χ0n) is 14.0. The summed E-state index contributed by atoms with van der Waals surface area (Å²) in [5, 5.41) is 0.639. The quantitative estimate of drug-likeness (QED) is 0.295. The van der Waals surface area contributed by atoms with Crippen LogP contribution in [0, 0.1) is 0 Å². The maximum absolute atomic E-state index is 12.5. The lowest BCUT2D eigenvalue weighted by molar-refractivity contribution is -0.112. The second-order valence-corrected chi connectivity index (χ2v) is 5.96. The van der Waals surface area contributed by atoms with Gasteiger partial charge in [0.15, 0.2) is 0 Å². The van der Waals surface area contributed by atoms with Crippen molar-refractivity contribution < 1.29 is 4.79 Å². The summed E-state index contributed by atoms with van der Waals surface area (Å²) in [6.07, 6.45) is 7.52. The summed E-state index contributed by atoms with van der Waals surface area (Å²) in [6.45, 7) is 6.43. The number of allylic oxidation sites excluding steroid dienone is 2. The van der Waals surface area contributed by atoms with E-state index in [1.54, 1.807) is 30.1 Å². The van der Waals surface area contributed by atoms with Crippen LogP contribution in [0.5, 0.6) is 0 Å². The van der Waals surface area contributed by atoms with E-state index in [0.717, 1.165) is 11.3 Å². The predicted molar refractivity (Wildman–Crippen MR) is 107 cm³/mol. The van der Waals surface area contributed by atoms with Crippen LogP contribution in [0.25, 0.3) is 0 Å². The van der Waals surface area contributed by atoms with Gasteiger partial charge in [0, 0.05) is 18.7 Å². The summed E-state index contributed by atoms with van der Waals surface area (Å²) in [5.74, 6) is -0.0930. The molecular formula is C19H19Cl2N3O. The summed E-state index contributed by atoms with van der Waals surface area (Å²) in [5.41, 5.74) is 2.22. The minimum absolute atomic E-state index is 0.0930. The number of hydrogen-bond acceptors (Lipinski definition) is 3. The first-order valence-corrected chi connectivity index (χ1v) is 8.63. The second-order valence-electron chi connectivity index (χ2n) is 5.19. The number of nitrogens with zero attached hydrogens (tertiary/aromatic N) is 3. The third-order valence-corrected chi connectivity index (χ3v) is 4.00. The van der Waals surface area contributed by atoms with E-state index in [0.29, 0.717) is 35.5 Å². The molecular weight excluding hydrogens is 357 g/mol. The van der Waals surface area contributed by atoms with Crippen LogP contribution in [0.2, 0.25) is 0 Å². The van der Waals surface area contributed by atoms with Crippen LogP contribution in [0.15, 0.2) is 70.3 Å². The van der Waals surface area contributed by atoms with Crippen molar-refractivity contribution in [2.45, 2.75) is 13.3 Å². The maximum atomic E-state index is 12.5. The Morgan fingerprint density at radius 2 is 2.08 bits per heavy atom. The third-order valence-electron chi connectivity index (χ3n) is 3.48.